The fourth-order valence-corrected chi connectivity index (χ4v) is 2.94. The van der Waals surface area contributed by atoms with Crippen molar-refractivity contribution in [3.8, 4) is 11.5 Å². The first kappa shape index (κ1) is 17.3. The van der Waals surface area contributed by atoms with E-state index in [0.29, 0.717) is 12.0 Å². The monoisotopic (exact) mass is 337 g/mol. The number of anilines is 1. The Bertz CT molecular complexity index is 728. The lowest BCUT2D eigenvalue weighted by Crippen LogP contribution is -2.01. The molecule has 0 saturated heterocycles. The number of rotatable bonds is 6. The molecule has 0 aromatic heterocycles. The van der Waals surface area contributed by atoms with Crippen LogP contribution in [-0.4, -0.2) is 20.0 Å². The molecule has 2 aromatic rings. The van der Waals surface area contributed by atoms with Crippen molar-refractivity contribution < 1.29 is 24.6 Å². The van der Waals surface area contributed by atoms with E-state index in [1.54, 1.807) is 24.3 Å². The molecule has 0 heterocycles. The topological polar surface area (TPSA) is 110 Å². The molecule has 2 aromatic carbocycles. The van der Waals surface area contributed by atoms with Gasteiger partial charge in [-0.3, -0.25) is 5.09 Å². The predicted octanol–water partition coefficient (Wildman–Crippen LogP) is 3.34. The van der Waals surface area contributed by atoms with Crippen molar-refractivity contribution in [1.29, 1.82) is 0 Å². The molecular weight excluding hydrogens is 317 g/mol. The van der Waals surface area contributed by atoms with Gasteiger partial charge < -0.3 is 20.0 Å². The molecule has 5 N–H and O–H groups in total. The molecule has 0 aliphatic rings. The second kappa shape index (κ2) is 7.04. The summed E-state index contributed by atoms with van der Waals surface area (Å²) in [6.07, 6.45) is 1.30. The normalized spacial score (nSPS) is 12.8. The predicted molar refractivity (Wildman–Crippen MR) is 88.6 cm³/mol. The van der Waals surface area contributed by atoms with Crippen LogP contribution in [0.2, 0.25) is 0 Å². The smallest absolute Gasteiger partial charge is 0.427 e. The molecule has 0 spiro atoms. The molecule has 7 heteroatoms. The molecule has 0 amide bonds. The second-order valence-electron chi connectivity index (χ2n) is 5.53. The summed E-state index contributed by atoms with van der Waals surface area (Å²) in [6.45, 7) is 2.02. The molecule has 124 valence electrons. The van der Waals surface area contributed by atoms with E-state index in [0.717, 1.165) is 12.0 Å². The molecule has 0 aliphatic carbocycles. The van der Waals surface area contributed by atoms with Crippen molar-refractivity contribution in [2.45, 2.75) is 25.7 Å². The Morgan fingerprint density at radius 2 is 1.78 bits per heavy atom. The average molecular weight is 337 g/mol. The number of hydrogen-bond donors (Lipinski definition) is 5. The van der Waals surface area contributed by atoms with Crippen LogP contribution in [0.15, 0.2) is 42.5 Å². The summed E-state index contributed by atoms with van der Waals surface area (Å²) in [7, 11) is -4.44. The van der Waals surface area contributed by atoms with E-state index in [-0.39, 0.29) is 23.1 Å². The minimum absolute atomic E-state index is 0.0641. The van der Waals surface area contributed by atoms with E-state index in [4.69, 9.17) is 9.79 Å². The molecule has 0 radical (unpaired) electrons. The molecule has 1 unspecified atom stereocenters. The van der Waals surface area contributed by atoms with Gasteiger partial charge in [0, 0.05) is 6.07 Å². The lowest BCUT2D eigenvalue weighted by atomic mass is 9.93. The van der Waals surface area contributed by atoms with Crippen LogP contribution >= 0.6 is 7.75 Å². The summed E-state index contributed by atoms with van der Waals surface area (Å²) in [5, 5.41) is 21.2. The molecule has 0 saturated carbocycles. The molecule has 23 heavy (non-hydrogen) atoms. The molecule has 2 rings (SSSR count). The van der Waals surface area contributed by atoms with Gasteiger partial charge in [-0.25, -0.2) is 4.57 Å². The van der Waals surface area contributed by atoms with Crippen LogP contribution < -0.4 is 5.09 Å². The number of benzene rings is 2. The first-order chi connectivity index (χ1) is 10.7. The summed E-state index contributed by atoms with van der Waals surface area (Å²) in [5.41, 5.74) is 1.92. The summed E-state index contributed by atoms with van der Waals surface area (Å²) in [6, 6.07) is 11.4. The maximum Gasteiger partial charge on any atom is 0.427 e. The summed E-state index contributed by atoms with van der Waals surface area (Å²) in [5.74, 6) is 0.312. The molecule has 6 nitrogen and oxygen atoms in total. The quantitative estimate of drug-likeness (QED) is 0.517. The van der Waals surface area contributed by atoms with Gasteiger partial charge in [0.15, 0.2) is 0 Å². The highest BCUT2D eigenvalue weighted by Gasteiger charge is 2.16. The average Bonchev–Trinajstić information content (AvgIpc) is 2.44. The standard InChI is InChI=1S/C16H20NO5P/c1-11(13-3-2-4-14(18)9-13)5-6-12-7-8-15(19)10-16(12)17-23(20,21)22/h2-4,7-11,18-19H,5-6H2,1H3,(H3,17,20,21,22). The number of nitrogens with one attached hydrogen (secondary N) is 1. The van der Waals surface area contributed by atoms with Gasteiger partial charge >= 0.3 is 7.75 Å². The maximum atomic E-state index is 11.1. The van der Waals surface area contributed by atoms with E-state index in [9.17, 15) is 14.8 Å². The van der Waals surface area contributed by atoms with Gasteiger partial charge in [0.05, 0.1) is 5.69 Å². The van der Waals surface area contributed by atoms with Crippen LogP contribution in [0.25, 0.3) is 0 Å². The Morgan fingerprint density at radius 1 is 1.09 bits per heavy atom. The first-order valence-corrected chi connectivity index (χ1v) is 8.80. The molecule has 0 aliphatic heterocycles. The molecule has 1 atom stereocenters. The Labute approximate surface area is 134 Å². The van der Waals surface area contributed by atoms with Crippen LogP contribution in [0.4, 0.5) is 5.69 Å². The summed E-state index contributed by atoms with van der Waals surface area (Å²) < 4.78 is 11.1. The zero-order valence-corrected chi connectivity index (χ0v) is 13.6. The molecule has 0 fully saturated rings. The van der Waals surface area contributed by atoms with Crippen molar-refractivity contribution in [2.75, 3.05) is 5.09 Å². The summed E-state index contributed by atoms with van der Waals surface area (Å²) >= 11 is 0. The van der Waals surface area contributed by atoms with Gasteiger partial charge in [-0.15, -0.1) is 0 Å². The Balaban J connectivity index is 2.12. The third-order valence-electron chi connectivity index (χ3n) is 3.65. The zero-order valence-electron chi connectivity index (χ0n) is 12.7. The number of phenols is 2. The summed E-state index contributed by atoms with van der Waals surface area (Å²) in [4.78, 5) is 18.1. The Kier molecular flexibility index (Phi) is 5.31. The number of aryl methyl sites for hydroxylation is 1. The van der Waals surface area contributed by atoms with Gasteiger partial charge in [0.25, 0.3) is 0 Å². The van der Waals surface area contributed by atoms with Crippen molar-refractivity contribution in [2.24, 2.45) is 0 Å². The van der Waals surface area contributed by atoms with Gasteiger partial charge in [-0.1, -0.05) is 25.1 Å². The first-order valence-electron chi connectivity index (χ1n) is 7.19. The van der Waals surface area contributed by atoms with Crippen molar-refractivity contribution >= 4 is 13.4 Å². The maximum absolute atomic E-state index is 11.1. The fourth-order valence-electron chi connectivity index (χ4n) is 2.41. The lowest BCUT2D eigenvalue weighted by molar-refractivity contribution is 0.380. The highest BCUT2D eigenvalue weighted by molar-refractivity contribution is 7.53. The van der Waals surface area contributed by atoms with Crippen molar-refractivity contribution in [3.63, 3.8) is 0 Å². The van der Waals surface area contributed by atoms with Crippen LogP contribution in [-0.2, 0) is 11.0 Å². The Hall–Kier alpha value is -2.01. The minimum Gasteiger partial charge on any atom is -0.508 e. The highest BCUT2D eigenvalue weighted by atomic mass is 31.2. The third kappa shape index (κ3) is 5.28. The molecular formula is C16H20NO5P. The SMILES string of the molecule is CC(CCc1ccc(O)cc1NP(=O)(O)O)c1cccc(O)c1. The second-order valence-corrected chi connectivity index (χ2v) is 6.84. The fraction of sp³-hybridized carbons (Fsp3) is 0.250. The minimum atomic E-state index is -4.44. The van der Waals surface area contributed by atoms with E-state index >= 15 is 0 Å². The van der Waals surface area contributed by atoms with E-state index in [2.05, 4.69) is 5.09 Å². The van der Waals surface area contributed by atoms with Gasteiger partial charge in [0.1, 0.15) is 11.5 Å². The number of phenolic OH excluding ortho intramolecular Hbond substituents is 2. The highest BCUT2D eigenvalue weighted by Crippen LogP contribution is 2.38. The van der Waals surface area contributed by atoms with E-state index < -0.39 is 7.75 Å². The van der Waals surface area contributed by atoms with Crippen LogP contribution in [0.1, 0.15) is 30.4 Å². The van der Waals surface area contributed by atoms with E-state index in [1.807, 2.05) is 13.0 Å². The third-order valence-corrected chi connectivity index (χ3v) is 4.18. The zero-order chi connectivity index (χ0) is 17.0. The largest absolute Gasteiger partial charge is 0.508 e. The van der Waals surface area contributed by atoms with Crippen LogP contribution in [0.3, 0.4) is 0 Å². The van der Waals surface area contributed by atoms with Gasteiger partial charge in [-0.05, 0) is 48.1 Å². The van der Waals surface area contributed by atoms with Gasteiger partial charge in [0.2, 0.25) is 0 Å². The van der Waals surface area contributed by atoms with Crippen molar-refractivity contribution in [1.82, 2.24) is 0 Å². The van der Waals surface area contributed by atoms with Crippen LogP contribution in [0, 0.1) is 0 Å². The Morgan fingerprint density at radius 3 is 2.43 bits per heavy atom. The lowest BCUT2D eigenvalue weighted by Gasteiger charge is -2.16. The van der Waals surface area contributed by atoms with Crippen molar-refractivity contribution in [3.05, 3.63) is 53.6 Å². The number of hydrogen-bond acceptors (Lipinski definition) is 3. The van der Waals surface area contributed by atoms with Crippen LogP contribution in [0.5, 0.6) is 11.5 Å². The van der Waals surface area contributed by atoms with E-state index in [1.165, 1.54) is 12.1 Å². The molecule has 0 bridgehead atoms. The van der Waals surface area contributed by atoms with Gasteiger partial charge in [-0.2, -0.15) is 0 Å². The number of aromatic hydroxyl groups is 2.